The number of hydrogen-bond acceptors (Lipinski definition) is 2. The molecule has 1 aliphatic heterocycles. The summed E-state index contributed by atoms with van der Waals surface area (Å²) in [6.45, 7) is 4.51. The molecule has 1 N–H and O–H groups in total. The molecule has 2 nitrogen and oxygen atoms in total. The standard InChI is InChI=1S/C14H20BrClN2/c1-17-9-11-4-6-18(7-5-11)10-12-8-13(16)2-3-14(12)15/h2-3,8,11,17H,4-7,9-10H2,1H3. The molecule has 1 heterocycles. The zero-order valence-electron chi connectivity index (χ0n) is 10.8. The molecule has 0 bridgehead atoms. The van der Waals surface area contributed by atoms with E-state index in [0.29, 0.717) is 0 Å². The van der Waals surface area contributed by atoms with Crippen molar-refractivity contribution in [3.8, 4) is 0 Å². The first-order valence-electron chi connectivity index (χ1n) is 6.50. The second-order valence-corrected chi connectivity index (χ2v) is 6.30. The van der Waals surface area contributed by atoms with Gasteiger partial charge in [0.25, 0.3) is 0 Å². The molecule has 1 fully saturated rings. The van der Waals surface area contributed by atoms with Gasteiger partial charge >= 0.3 is 0 Å². The zero-order valence-corrected chi connectivity index (χ0v) is 13.1. The molecule has 0 atom stereocenters. The second-order valence-electron chi connectivity index (χ2n) is 5.01. The Labute approximate surface area is 123 Å². The number of nitrogens with zero attached hydrogens (tertiary/aromatic N) is 1. The van der Waals surface area contributed by atoms with E-state index in [1.807, 2.05) is 19.2 Å². The monoisotopic (exact) mass is 330 g/mol. The van der Waals surface area contributed by atoms with Crippen molar-refractivity contribution >= 4 is 27.5 Å². The molecule has 100 valence electrons. The summed E-state index contributed by atoms with van der Waals surface area (Å²) in [5.41, 5.74) is 1.29. The van der Waals surface area contributed by atoms with Gasteiger partial charge in [-0.2, -0.15) is 0 Å². The molecule has 18 heavy (non-hydrogen) atoms. The molecule has 0 aliphatic carbocycles. The molecule has 1 aliphatic rings. The second kappa shape index (κ2) is 6.90. The van der Waals surface area contributed by atoms with Gasteiger partial charge in [0.05, 0.1) is 0 Å². The van der Waals surface area contributed by atoms with Crippen molar-refractivity contribution in [2.75, 3.05) is 26.7 Å². The highest BCUT2D eigenvalue weighted by Gasteiger charge is 2.19. The summed E-state index contributed by atoms with van der Waals surface area (Å²) in [6.07, 6.45) is 2.58. The predicted octanol–water partition coefficient (Wildman–Crippen LogP) is 3.53. The van der Waals surface area contributed by atoms with Gasteiger partial charge in [-0.3, -0.25) is 4.90 Å². The third-order valence-electron chi connectivity index (χ3n) is 3.60. The molecule has 0 spiro atoms. The van der Waals surface area contributed by atoms with Crippen LogP contribution in [0, 0.1) is 5.92 Å². The summed E-state index contributed by atoms with van der Waals surface area (Å²) in [7, 11) is 2.04. The number of hydrogen-bond donors (Lipinski definition) is 1. The Hall–Kier alpha value is -0.0900. The molecule has 1 saturated heterocycles. The van der Waals surface area contributed by atoms with E-state index in [1.165, 1.54) is 31.5 Å². The summed E-state index contributed by atoms with van der Waals surface area (Å²) >= 11 is 9.65. The number of likely N-dealkylation sites (tertiary alicyclic amines) is 1. The first-order valence-corrected chi connectivity index (χ1v) is 7.67. The Morgan fingerprint density at radius 2 is 2.11 bits per heavy atom. The molecule has 0 amide bonds. The SMILES string of the molecule is CNCC1CCN(Cc2cc(Cl)ccc2Br)CC1. The molecule has 4 heteroatoms. The van der Waals surface area contributed by atoms with Crippen molar-refractivity contribution in [3.63, 3.8) is 0 Å². The fourth-order valence-electron chi connectivity index (χ4n) is 2.54. The number of piperidine rings is 1. The Kier molecular flexibility index (Phi) is 5.49. The largest absolute Gasteiger partial charge is 0.319 e. The van der Waals surface area contributed by atoms with Gasteiger partial charge in [-0.1, -0.05) is 27.5 Å². The lowest BCUT2D eigenvalue weighted by atomic mass is 9.96. The number of halogens is 2. The lowest BCUT2D eigenvalue weighted by Gasteiger charge is -2.32. The van der Waals surface area contributed by atoms with Gasteiger partial charge in [0.15, 0.2) is 0 Å². The Morgan fingerprint density at radius 3 is 2.78 bits per heavy atom. The normalized spacial score (nSPS) is 18.2. The van der Waals surface area contributed by atoms with Crippen molar-refractivity contribution in [3.05, 3.63) is 33.3 Å². The molecule has 0 unspecified atom stereocenters. The molecular formula is C14H20BrClN2. The molecule has 1 aromatic rings. The maximum Gasteiger partial charge on any atom is 0.0410 e. The molecular weight excluding hydrogens is 312 g/mol. The van der Waals surface area contributed by atoms with Gasteiger partial charge in [-0.15, -0.1) is 0 Å². The van der Waals surface area contributed by atoms with Crippen LogP contribution in [0.1, 0.15) is 18.4 Å². The van der Waals surface area contributed by atoms with Crippen LogP contribution in [0.15, 0.2) is 22.7 Å². The van der Waals surface area contributed by atoms with Crippen molar-refractivity contribution < 1.29 is 0 Å². The summed E-state index contributed by atoms with van der Waals surface area (Å²) < 4.78 is 1.16. The van der Waals surface area contributed by atoms with E-state index < -0.39 is 0 Å². The Bertz CT molecular complexity index is 389. The summed E-state index contributed by atoms with van der Waals surface area (Å²) in [4.78, 5) is 2.52. The minimum absolute atomic E-state index is 0.818. The van der Waals surface area contributed by atoms with Crippen molar-refractivity contribution in [2.24, 2.45) is 5.92 Å². The number of nitrogens with one attached hydrogen (secondary N) is 1. The van der Waals surface area contributed by atoms with Gasteiger partial charge < -0.3 is 5.32 Å². The highest BCUT2D eigenvalue weighted by molar-refractivity contribution is 9.10. The van der Waals surface area contributed by atoms with Crippen molar-refractivity contribution in [2.45, 2.75) is 19.4 Å². The van der Waals surface area contributed by atoms with Crippen molar-refractivity contribution in [1.82, 2.24) is 10.2 Å². The van der Waals surface area contributed by atoms with Gasteiger partial charge in [-0.05, 0) is 69.2 Å². The van der Waals surface area contributed by atoms with E-state index >= 15 is 0 Å². The van der Waals surface area contributed by atoms with Gasteiger partial charge in [0.2, 0.25) is 0 Å². The lowest BCUT2D eigenvalue weighted by molar-refractivity contribution is 0.176. The van der Waals surface area contributed by atoms with E-state index in [2.05, 4.69) is 32.2 Å². The highest BCUT2D eigenvalue weighted by Crippen LogP contribution is 2.24. The average molecular weight is 332 g/mol. The lowest BCUT2D eigenvalue weighted by Crippen LogP contribution is -2.36. The van der Waals surface area contributed by atoms with Crippen LogP contribution >= 0.6 is 27.5 Å². The van der Waals surface area contributed by atoms with Crippen molar-refractivity contribution in [1.29, 1.82) is 0 Å². The summed E-state index contributed by atoms with van der Waals surface area (Å²) in [6, 6.07) is 6.02. The average Bonchev–Trinajstić information content (AvgIpc) is 2.37. The van der Waals surface area contributed by atoms with Crippen LogP contribution in [0.5, 0.6) is 0 Å². The fourth-order valence-corrected chi connectivity index (χ4v) is 3.11. The van der Waals surface area contributed by atoms with Gasteiger partial charge in [0, 0.05) is 16.0 Å². The van der Waals surface area contributed by atoms with Crippen LogP contribution in [0.3, 0.4) is 0 Å². The highest BCUT2D eigenvalue weighted by atomic mass is 79.9. The van der Waals surface area contributed by atoms with Crippen LogP contribution in [-0.4, -0.2) is 31.6 Å². The Balaban J connectivity index is 1.89. The molecule has 2 rings (SSSR count). The topological polar surface area (TPSA) is 15.3 Å². The molecule has 1 aromatic carbocycles. The van der Waals surface area contributed by atoms with E-state index in [-0.39, 0.29) is 0 Å². The van der Waals surface area contributed by atoms with Crippen LogP contribution in [0.4, 0.5) is 0 Å². The molecule has 0 saturated carbocycles. The predicted molar refractivity (Wildman–Crippen MR) is 81.1 cm³/mol. The number of rotatable bonds is 4. The van der Waals surface area contributed by atoms with Crippen LogP contribution < -0.4 is 5.32 Å². The maximum absolute atomic E-state index is 6.05. The zero-order chi connectivity index (χ0) is 13.0. The maximum atomic E-state index is 6.05. The summed E-state index contributed by atoms with van der Waals surface area (Å²) in [5.74, 6) is 0.842. The third-order valence-corrected chi connectivity index (χ3v) is 4.61. The Morgan fingerprint density at radius 1 is 1.39 bits per heavy atom. The van der Waals surface area contributed by atoms with E-state index in [4.69, 9.17) is 11.6 Å². The number of benzene rings is 1. The minimum Gasteiger partial charge on any atom is -0.319 e. The minimum atomic E-state index is 0.818. The quantitative estimate of drug-likeness (QED) is 0.908. The first-order chi connectivity index (χ1) is 8.69. The molecule has 0 radical (unpaired) electrons. The van der Waals surface area contributed by atoms with Crippen LogP contribution in [-0.2, 0) is 6.54 Å². The van der Waals surface area contributed by atoms with Crippen LogP contribution in [0.2, 0.25) is 5.02 Å². The smallest absolute Gasteiger partial charge is 0.0410 e. The van der Waals surface area contributed by atoms with Gasteiger partial charge in [0.1, 0.15) is 0 Å². The van der Waals surface area contributed by atoms with Gasteiger partial charge in [-0.25, -0.2) is 0 Å². The fraction of sp³-hybridized carbons (Fsp3) is 0.571. The molecule has 0 aromatic heterocycles. The van der Waals surface area contributed by atoms with Crippen LogP contribution in [0.25, 0.3) is 0 Å². The van der Waals surface area contributed by atoms with E-state index in [1.54, 1.807) is 0 Å². The third kappa shape index (κ3) is 3.95. The van der Waals surface area contributed by atoms with E-state index in [0.717, 1.165) is 28.5 Å². The van der Waals surface area contributed by atoms with E-state index in [9.17, 15) is 0 Å². The summed E-state index contributed by atoms with van der Waals surface area (Å²) in [5, 5.41) is 4.09. The first kappa shape index (κ1) is 14.3.